The van der Waals surface area contributed by atoms with Crippen molar-refractivity contribution in [3.8, 4) is 11.5 Å². The molecular weight excluding hydrogens is 586 g/mol. The first kappa shape index (κ1) is 29.4. The summed E-state index contributed by atoms with van der Waals surface area (Å²) in [5.74, 6) is -2.03. The van der Waals surface area contributed by atoms with Crippen LogP contribution in [0.2, 0.25) is 0 Å². The van der Waals surface area contributed by atoms with E-state index in [2.05, 4.69) is 0 Å². The van der Waals surface area contributed by atoms with Crippen molar-refractivity contribution in [2.45, 2.75) is 0 Å². The summed E-state index contributed by atoms with van der Waals surface area (Å²) < 4.78 is 97.2. The Kier molecular flexibility index (Phi) is 8.14. The zero-order chi connectivity index (χ0) is 30.1. The second-order valence-corrected chi connectivity index (χ2v) is 14.8. The van der Waals surface area contributed by atoms with Crippen molar-refractivity contribution in [2.24, 2.45) is 0 Å². The molecule has 0 radical (unpaired) electrons. The average Bonchev–Trinajstić information content (AvgIpc) is 3.01. The highest BCUT2D eigenvalue weighted by Crippen LogP contribution is 2.50. The van der Waals surface area contributed by atoms with Crippen LogP contribution in [0.4, 0.5) is 17.6 Å². The maximum absolute atomic E-state index is 15.1. The highest BCUT2D eigenvalue weighted by molar-refractivity contribution is 7.86. The van der Waals surface area contributed by atoms with Gasteiger partial charge in [0.05, 0.1) is 24.8 Å². The van der Waals surface area contributed by atoms with Crippen LogP contribution in [0.5, 0.6) is 11.5 Å². The van der Waals surface area contributed by atoms with Crippen LogP contribution in [0.3, 0.4) is 0 Å². The van der Waals surface area contributed by atoms with Crippen LogP contribution in [0.1, 0.15) is 0 Å². The van der Waals surface area contributed by atoms with Crippen LogP contribution < -0.4 is 41.3 Å². The first-order chi connectivity index (χ1) is 20.1. The number of rotatable bonds is 8. The molecule has 42 heavy (non-hydrogen) atoms. The molecule has 0 aromatic heterocycles. The normalized spacial score (nSPS) is 11.8. The first-order valence-electron chi connectivity index (χ1n) is 12.6. The SMILES string of the molecule is COc1cc(P(=O)(c2ccc(F)cc2)c2ccc(F)cc2)c(OC)cc1P(=O)(c1ccc(F)cc1)c1ccc(F)cc1. The molecule has 0 amide bonds. The van der Waals surface area contributed by atoms with Gasteiger partial charge < -0.3 is 18.6 Å². The van der Waals surface area contributed by atoms with Gasteiger partial charge >= 0.3 is 0 Å². The molecule has 0 atom stereocenters. The van der Waals surface area contributed by atoms with E-state index in [4.69, 9.17) is 9.47 Å². The van der Waals surface area contributed by atoms with Gasteiger partial charge in [0, 0.05) is 21.2 Å². The van der Waals surface area contributed by atoms with E-state index in [1.54, 1.807) is 0 Å². The van der Waals surface area contributed by atoms with Crippen molar-refractivity contribution < 1.29 is 36.2 Å². The zero-order valence-corrected chi connectivity index (χ0v) is 24.2. The Morgan fingerprint density at radius 1 is 0.429 bits per heavy atom. The van der Waals surface area contributed by atoms with E-state index in [9.17, 15) is 17.6 Å². The van der Waals surface area contributed by atoms with Gasteiger partial charge in [0.1, 0.15) is 34.8 Å². The molecule has 0 spiro atoms. The van der Waals surface area contributed by atoms with E-state index in [1.807, 2.05) is 0 Å². The molecule has 0 fully saturated rings. The number of halogens is 4. The molecule has 0 aliphatic heterocycles. The minimum absolute atomic E-state index is 0.0623. The Balaban J connectivity index is 1.83. The van der Waals surface area contributed by atoms with Crippen molar-refractivity contribution in [1.29, 1.82) is 0 Å². The standard InChI is InChI=1S/C32H24F4O4P2/c1-39-29-19-32(42(38,27-15-7-23(35)8-16-27)28-17-9-24(36)10-18-28)30(40-2)20-31(29)41(37,25-11-3-21(33)4-12-25)26-13-5-22(34)6-14-26/h3-20H,1-2H3. The third kappa shape index (κ3) is 5.17. The van der Waals surface area contributed by atoms with Crippen molar-refractivity contribution in [1.82, 2.24) is 0 Å². The minimum Gasteiger partial charge on any atom is -0.496 e. The maximum Gasteiger partial charge on any atom is 0.174 e. The monoisotopic (exact) mass is 610 g/mol. The Labute approximate surface area is 240 Å². The van der Waals surface area contributed by atoms with Crippen molar-refractivity contribution in [3.05, 3.63) is 132 Å². The van der Waals surface area contributed by atoms with Gasteiger partial charge in [-0.05, 0) is 109 Å². The molecule has 0 saturated heterocycles. The number of hydrogen-bond donors (Lipinski definition) is 0. The second kappa shape index (κ2) is 11.6. The highest BCUT2D eigenvalue weighted by Gasteiger charge is 2.38. The predicted molar refractivity (Wildman–Crippen MR) is 158 cm³/mol. The lowest BCUT2D eigenvalue weighted by Crippen LogP contribution is -2.31. The van der Waals surface area contributed by atoms with Crippen molar-refractivity contribution in [3.63, 3.8) is 0 Å². The van der Waals surface area contributed by atoms with E-state index < -0.39 is 37.6 Å². The van der Waals surface area contributed by atoms with Crippen LogP contribution in [0, 0.1) is 23.3 Å². The van der Waals surface area contributed by atoms with E-state index >= 15 is 9.13 Å². The summed E-state index contributed by atoms with van der Waals surface area (Å²) in [4.78, 5) is 0. The highest BCUT2D eigenvalue weighted by atomic mass is 31.2. The molecule has 0 saturated carbocycles. The summed E-state index contributed by atoms with van der Waals surface area (Å²) in [5, 5.41) is 1.22. The summed E-state index contributed by atoms with van der Waals surface area (Å²) in [5.41, 5.74) is 0. The molecule has 5 aromatic carbocycles. The van der Waals surface area contributed by atoms with Gasteiger partial charge in [-0.25, -0.2) is 17.6 Å². The van der Waals surface area contributed by atoms with Gasteiger partial charge in [0.15, 0.2) is 14.3 Å². The number of hydrogen-bond acceptors (Lipinski definition) is 4. The summed E-state index contributed by atoms with van der Waals surface area (Å²) in [6.07, 6.45) is 0. The van der Waals surface area contributed by atoms with Gasteiger partial charge in [0.25, 0.3) is 0 Å². The zero-order valence-electron chi connectivity index (χ0n) is 22.4. The Morgan fingerprint density at radius 3 is 0.833 bits per heavy atom. The fourth-order valence-corrected chi connectivity index (χ4v) is 10.3. The quantitative estimate of drug-likeness (QED) is 0.171. The third-order valence-electron chi connectivity index (χ3n) is 6.92. The lowest BCUT2D eigenvalue weighted by molar-refractivity contribution is 0.408. The topological polar surface area (TPSA) is 52.6 Å². The van der Waals surface area contributed by atoms with Gasteiger partial charge in [0.2, 0.25) is 0 Å². The summed E-state index contributed by atoms with van der Waals surface area (Å²) in [6.45, 7) is 0. The average molecular weight is 610 g/mol. The van der Waals surface area contributed by atoms with Crippen LogP contribution >= 0.6 is 14.3 Å². The van der Waals surface area contributed by atoms with Crippen LogP contribution in [0.15, 0.2) is 109 Å². The molecule has 4 nitrogen and oxygen atoms in total. The molecular formula is C32H24F4O4P2. The van der Waals surface area contributed by atoms with Crippen LogP contribution in [0.25, 0.3) is 0 Å². The smallest absolute Gasteiger partial charge is 0.174 e. The fourth-order valence-electron chi connectivity index (χ4n) is 4.82. The van der Waals surface area contributed by atoms with Gasteiger partial charge in [-0.3, -0.25) is 0 Å². The minimum atomic E-state index is -3.87. The Bertz CT molecular complexity index is 1590. The predicted octanol–water partition coefficient (Wildman–Crippen LogP) is 5.54. The lowest BCUT2D eigenvalue weighted by atomic mass is 10.3. The fraction of sp³-hybridized carbons (Fsp3) is 0.0625. The Hall–Kier alpha value is -4.12. The third-order valence-corrected chi connectivity index (χ3v) is 13.1. The maximum atomic E-state index is 15.1. The molecule has 0 aliphatic rings. The lowest BCUT2D eigenvalue weighted by Gasteiger charge is -2.26. The summed E-state index contributed by atoms with van der Waals surface area (Å²) in [6, 6.07) is 23.2. The van der Waals surface area contributed by atoms with Crippen molar-refractivity contribution >= 4 is 46.1 Å². The van der Waals surface area contributed by atoms with Crippen LogP contribution in [-0.2, 0) is 9.13 Å². The van der Waals surface area contributed by atoms with Gasteiger partial charge in [-0.1, -0.05) is 0 Å². The number of benzene rings is 5. The van der Waals surface area contributed by atoms with E-state index in [-0.39, 0.29) is 43.3 Å². The molecule has 5 aromatic rings. The molecule has 0 unspecified atom stereocenters. The van der Waals surface area contributed by atoms with Crippen molar-refractivity contribution in [2.75, 3.05) is 14.2 Å². The largest absolute Gasteiger partial charge is 0.496 e. The molecule has 0 aliphatic carbocycles. The molecule has 214 valence electrons. The summed E-state index contributed by atoms with van der Waals surface area (Å²) in [7, 11) is -5.05. The molecule has 5 rings (SSSR count). The van der Waals surface area contributed by atoms with Crippen LogP contribution in [-0.4, -0.2) is 14.2 Å². The van der Waals surface area contributed by atoms with E-state index in [0.29, 0.717) is 0 Å². The van der Waals surface area contributed by atoms with Gasteiger partial charge in [-0.2, -0.15) is 0 Å². The molecule has 10 heteroatoms. The molecule has 0 N–H and O–H groups in total. The van der Waals surface area contributed by atoms with E-state index in [0.717, 1.165) is 0 Å². The first-order valence-corrected chi connectivity index (χ1v) is 16.0. The molecule has 0 bridgehead atoms. The number of ether oxygens (including phenoxy) is 2. The van der Waals surface area contributed by atoms with Gasteiger partial charge in [-0.15, -0.1) is 0 Å². The molecule has 0 heterocycles. The number of methoxy groups -OCH3 is 2. The summed E-state index contributed by atoms with van der Waals surface area (Å²) >= 11 is 0. The second-order valence-electron chi connectivity index (χ2n) is 9.32. The Morgan fingerprint density at radius 2 is 0.643 bits per heavy atom. The van der Waals surface area contributed by atoms with E-state index in [1.165, 1.54) is 123 Å².